The fraction of sp³-hybridized carbons (Fsp3) is 0.107. The van der Waals surface area contributed by atoms with Gasteiger partial charge in [-0.1, -0.05) is 54.1 Å². The maximum absolute atomic E-state index is 13.0. The number of nitrogens with zero attached hydrogens (tertiary/aromatic N) is 3. The lowest BCUT2D eigenvalue weighted by atomic mass is 9.95. The number of aromatic nitrogens is 3. The van der Waals surface area contributed by atoms with Crippen molar-refractivity contribution in [2.45, 2.75) is 24.5 Å². The first-order valence-electron chi connectivity index (χ1n) is 11.0. The van der Waals surface area contributed by atoms with Crippen molar-refractivity contribution < 1.29 is 8.42 Å². The molecule has 0 aliphatic rings. The summed E-state index contributed by atoms with van der Waals surface area (Å²) in [5.74, 6) is -0.168. The van der Waals surface area contributed by atoms with Gasteiger partial charge in [0.1, 0.15) is 6.33 Å². The first kappa shape index (κ1) is 21.9. The number of hydrogen-bond donors (Lipinski definition) is 0. The van der Waals surface area contributed by atoms with E-state index in [2.05, 4.69) is 71.3 Å². The van der Waals surface area contributed by atoms with Crippen LogP contribution in [0.5, 0.6) is 0 Å². The van der Waals surface area contributed by atoms with E-state index in [4.69, 9.17) is 0 Å². The van der Waals surface area contributed by atoms with Crippen molar-refractivity contribution in [3.8, 4) is 22.4 Å². The summed E-state index contributed by atoms with van der Waals surface area (Å²) in [6.07, 6.45) is 4.63. The Hall–Kier alpha value is -3.90. The minimum atomic E-state index is -3.54. The van der Waals surface area contributed by atoms with Crippen LogP contribution in [0.2, 0.25) is 0 Å². The lowest BCUT2D eigenvalue weighted by Gasteiger charge is -2.12. The van der Waals surface area contributed by atoms with E-state index in [9.17, 15) is 8.42 Å². The van der Waals surface area contributed by atoms with Crippen LogP contribution in [0.15, 0.2) is 96.4 Å². The average molecular weight is 466 g/mol. The van der Waals surface area contributed by atoms with E-state index in [1.807, 2.05) is 12.1 Å². The summed E-state index contributed by atoms with van der Waals surface area (Å²) in [6.45, 7) is 4.17. The van der Waals surface area contributed by atoms with Crippen molar-refractivity contribution >= 4 is 20.6 Å². The average Bonchev–Trinajstić information content (AvgIpc) is 2.84. The van der Waals surface area contributed by atoms with Gasteiger partial charge in [-0.15, -0.1) is 0 Å². The van der Waals surface area contributed by atoms with E-state index < -0.39 is 9.84 Å². The lowest BCUT2D eigenvalue weighted by Crippen LogP contribution is -2.06. The van der Waals surface area contributed by atoms with Crippen LogP contribution in [-0.2, 0) is 15.6 Å². The van der Waals surface area contributed by atoms with Gasteiger partial charge in [0.25, 0.3) is 0 Å². The predicted molar refractivity (Wildman–Crippen MR) is 135 cm³/mol. The van der Waals surface area contributed by atoms with Crippen molar-refractivity contribution in [2.75, 3.05) is 0 Å². The third-order valence-electron chi connectivity index (χ3n) is 5.91. The normalized spacial score (nSPS) is 11.6. The van der Waals surface area contributed by atoms with Crippen LogP contribution < -0.4 is 0 Å². The molecule has 0 unspecified atom stereocenters. The van der Waals surface area contributed by atoms with E-state index in [-0.39, 0.29) is 10.6 Å². The molecule has 0 saturated carbocycles. The summed E-state index contributed by atoms with van der Waals surface area (Å²) in [4.78, 5) is 12.8. The zero-order chi connectivity index (χ0) is 23.7. The second-order valence-corrected chi connectivity index (χ2v) is 10.4. The van der Waals surface area contributed by atoms with Crippen LogP contribution >= 0.6 is 0 Å². The fourth-order valence-corrected chi connectivity index (χ4v) is 5.49. The molecule has 0 bridgehead atoms. The minimum absolute atomic E-state index is 0.168. The highest BCUT2D eigenvalue weighted by atomic mass is 32.2. The molecule has 0 aliphatic heterocycles. The zero-order valence-electron chi connectivity index (χ0n) is 18.9. The van der Waals surface area contributed by atoms with Gasteiger partial charge in [-0.25, -0.2) is 18.4 Å². The van der Waals surface area contributed by atoms with Gasteiger partial charge in [0.2, 0.25) is 0 Å². The third-order valence-corrected chi connectivity index (χ3v) is 7.56. The molecule has 5 rings (SSSR count). The summed E-state index contributed by atoms with van der Waals surface area (Å²) >= 11 is 0. The Labute approximate surface area is 199 Å². The highest BCUT2D eigenvalue weighted by molar-refractivity contribution is 7.90. The summed E-state index contributed by atoms with van der Waals surface area (Å²) in [5, 5.41) is 1.74. The summed E-state index contributed by atoms with van der Waals surface area (Å²) in [5.41, 5.74) is 7.00. The first-order chi connectivity index (χ1) is 16.4. The fourth-order valence-electron chi connectivity index (χ4n) is 4.18. The first-order valence-corrected chi connectivity index (χ1v) is 12.6. The largest absolute Gasteiger partial charge is 0.256 e. The molecule has 168 valence electrons. The molecule has 2 aromatic heterocycles. The monoisotopic (exact) mass is 465 g/mol. The Bertz CT molecular complexity index is 1610. The summed E-state index contributed by atoms with van der Waals surface area (Å²) in [6, 6.07) is 23.5. The number of rotatable bonds is 5. The van der Waals surface area contributed by atoms with Crippen LogP contribution in [0.3, 0.4) is 0 Å². The topological polar surface area (TPSA) is 72.8 Å². The molecule has 0 aliphatic carbocycles. The van der Waals surface area contributed by atoms with Crippen LogP contribution in [-0.4, -0.2) is 23.4 Å². The van der Waals surface area contributed by atoms with Crippen LogP contribution in [0.1, 0.15) is 16.8 Å². The molecule has 5 nitrogen and oxygen atoms in total. The number of sulfone groups is 1. The van der Waals surface area contributed by atoms with E-state index >= 15 is 0 Å². The molecule has 5 aromatic rings. The van der Waals surface area contributed by atoms with Gasteiger partial charge in [-0.2, -0.15) is 0 Å². The van der Waals surface area contributed by atoms with Gasteiger partial charge in [0.15, 0.2) is 9.84 Å². The number of pyridine rings is 1. The van der Waals surface area contributed by atoms with E-state index in [0.717, 1.165) is 33.2 Å². The molecule has 2 heterocycles. The molecule has 6 heteroatoms. The summed E-state index contributed by atoms with van der Waals surface area (Å²) in [7, 11) is -3.54. The van der Waals surface area contributed by atoms with Crippen molar-refractivity contribution in [1.29, 1.82) is 0 Å². The highest BCUT2D eigenvalue weighted by Crippen LogP contribution is 2.33. The van der Waals surface area contributed by atoms with Gasteiger partial charge in [0, 0.05) is 23.3 Å². The van der Waals surface area contributed by atoms with E-state index in [1.54, 1.807) is 30.6 Å². The molecule has 0 spiro atoms. The van der Waals surface area contributed by atoms with E-state index in [0.29, 0.717) is 5.69 Å². The SMILES string of the molecule is Cc1cccc(-c2ccc(-c3nccc4cc(S(=O)(=O)Cc5ccncn5)ccc34)c(C)c2)c1. The molecule has 3 aromatic carbocycles. The Morgan fingerprint density at radius 2 is 1.65 bits per heavy atom. The standard InChI is InChI=1S/C28H23N3O2S/c1-19-4-3-5-21(14-19)22-6-8-26(20(2)15-22)28-27-9-7-25(16-23(27)10-13-30-28)34(32,33)17-24-11-12-29-18-31-24/h3-16,18H,17H2,1-2H3. The maximum Gasteiger partial charge on any atom is 0.184 e. The Morgan fingerprint density at radius 3 is 2.41 bits per heavy atom. The molecule has 34 heavy (non-hydrogen) atoms. The minimum Gasteiger partial charge on any atom is -0.256 e. The molecular weight excluding hydrogens is 442 g/mol. The number of hydrogen-bond acceptors (Lipinski definition) is 5. The maximum atomic E-state index is 13.0. The second-order valence-electron chi connectivity index (χ2n) is 8.40. The van der Waals surface area contributed by atoms with Crippen LogP contribution in [0, 0.1) is 13.8 Å². The third kappa shape index (κ3) is 4.32. The van der Waals surface area contributed by atoms with Crippen LogP contribution in [0.4, 0.5) is 0 Å². The Balaban J connectivity index is 1.53. The van der Waals surface area contributed by atoms with E-state index in [1.165, 1.54) is 17.5 Å². The van der Waals surface area contributed by atoms with Gasteiger partial charge in [-0.3, -0.25) is 4.98 Å². The Morgan fingerprint density at radius 1 is 0.794 bits per heavy atom. The predicted octanol–water partition coefficient (Wildman–Crippen LogP) is 5.95. The Kier molecular flexibility index (Phi) is 5.67. The smallest absolute Gasteiger partial charge is 0.184 e. The molecule has 0 atom stereocenters. The molecule has 0 N–H and O–H groups in total. The number of fused-ring (bicyclic) bond motifs is 1. The molecule has 0 saturated heterocycles. The molecule has 0 radical (unpaired) electrons. The second kappa shape index (κ2) is 8.80. The van der Waals surface area contributed by atoms with Crippen LogP contribution in [0.25, 0.3) is 33.2 Å². The van der Waals surface area contributed by atoms with Gasteiger partial charge >= 0.3 is 0 Å². The lowest BCUT2D eigenvalue weighted by molar-refractivity contribution is 0.594. The highest BCUT2D eigenvalue weighted by Gasteiger charge is 2.18. The van der Waals surface area contributed by atoms with Crippen molar-refractivity contribution in [1.82, 2.24) is 15.0 Å². The van der Waals surface area contributed by atoms with Crippen molar-refractivity contribution in [2.24, 2.45) is 0 Å². The quantitative estimate of drug-likeness (QED) is 0.321. The number of aryl methyl sites for hydroxylation is 2. The molecular formula is C28H23N3O2S. The molecule has 0 fully saturated rings. The van der Waals surface area contributed by atoms with Gasteiger partial charge in [-0.05, 0) is 60.2 Å². The van der Waals surface area contributed by atoms with Gasteiger partial charge in [0.05, 0.1) is 22.0 Å². The molecule has 0 amide bonds. The van der Waals surface area contributed by atoms with Crippen molar-refractivity contribution in [3.63, 3.8) is 0 Å². The van der Waals surface area contributed by atoms with Gasteiger partial charge < -0.3 is 0 Å². The zero-order valence-corrected chi connectivity index (χ0v) is 19.8. The summed E-state index contributed by atoms with van der Waals surface area (Å²) < 4.78 is 25.9. The number of benzene rings is 3. The van der Waals surface area contributed by atoms with Crippen molar-refractivity contribution in [3.05, 3.63) is 108 Å².